The highest BCUT2D eigenvalue weighted by Gasteiger charge is 2.23. The number of aryl methyl sites for hydroxylation is 1. The number of hydrogen-bond donors (Lipinski definition) is 2. The predicted octanol–water partition coefficient (Wildman–Crippen LogP) is 1.44. The Kier molecular flexibility index (Phi) is 8.46. The highest BCUT2D eigenvalue weighted by molar-refractivity contribution is 5.79. The van der Waals surface area contributed by atoms with Crippen molar-refractivity contribution in [3.8, 4) is 5.75 Å². The molecular weight excluding hydrogens is 382 g/mol. The number of ether oxygens (including phenoxy) is 2. The van der Waals surface area contributed by atoms with E-state index in [1.807, 2.05) is 16.7 Å². The summed E-state index contributed by atoms with van der Waals surface area (Å²) in [6, 6.07) is 8.50. The summed E-state index contributed by atoms with van der Waals surface area (Å²) in [5, 5.41) is 15.0. The first-order valence-electron chi connectivity index (χ1n) is 10.6. The van der Waals surface area contributed by atoms with E-state index < -0.39 is 0 Å². The number of hydrogen-bond acceptors (Lipinski definition) is 6. The Hall–Kier alpha value is -2.65. The molecule has 1 aromatic heterocycles. The van der Waals surface area contributed by atoms with Gasteiger partial charge in [0.25, 0.3) is 0 Å². The van der Waals surface area contributed by atoms with E-state index in [-0.39, 0.29) is 6.04 Å². The third kappa shape index (κ3) is 5.93. The monoisotopic (exact) mass is 415 g/mol. The zero-order valence-corrected chi connectivity index (χ0v) is 18.2. The van der Waals surface area contributed by atoms with Crippen LogP contribution in [-0.2, 0) is 17.8 Å². The van der Waals surface area contributed by atoms with E-state index in [1.54, 1.807) is 13.4 Å². The van der Waals surface area contributed by atoms with E-state index in [0.29, 0.717) is 6.54 Å². The van der Waals surface area contributed by atoms with Crippen molar-refractivity contribution in [2.75, 3.05) is 46.5 Å². The Morgan fingerprint density at radius 1 is 1.20 bits per heavy atom. The number of methoxy groups -OCH3 is 1. The zero-order valence-electron chi connectivity index (χ0n) is 18.2. The summed E-state index contributed by atoms with van der Waals surface area (Å²) in [4.78, 5) is 7.16. The lowest BCUT2D eigenvalue weighted by atomic mass is 10.0. The molecule has 30 heavy (non-hydrogen) atoms. The maximum atomic E-state index is 5.55. The molecule has 2 N–H and O–H groups in total. The lowest BCUT2D eigenvalue weighted by Gasteiger charge is -2.35. The number of nitrogens with one attached hydrogen (secondary N) is 2. The van der Waals surface area contributed by atoms with Crippen LogP contribution in [-0.4, -0.2) is 72.1 Å². The molecule has 1 aliphatic rings. The second-order valence-electron chi connectivity index (χ2n) is 7.05. The van der Waals surface area contributed by atoms with Gasteiger partial charge in [-0.25, -0.2) is 4.99 Å². The number of aliphatic imine (C=N–C) groups is 1. The van der Waals surface area contributed by atoms with Crippen LogP contribution < -0.4 is 15.4 Å². The van der Waals surface area contributed by atoms with Gasteiger partial charge in [-0.2, -0.15) is 0 Å². The van der Waals surface area contributed by atoms with Crippen LogP contribution in [0.5, 0.6) is 5.75 Å². The third-order valence-corrected chi connectivity index (χ3v) is 5.21. The normalized spacial score (nSPS) is 16.3. The van der Waals surface area contributed by atoms with Crippen LogP contribution in [0.15, 0.2) is 35.6 Å². The summed E-state index contributed by atoms with van der Waals surface area (Å²) < 4.78 is 12.9. The van der Waals surface area contributed by atoms with Crippen molar-refractivity contribution in [2.24, 2.45) is 4.99 Å². The summed E-state index contributed by atoms with van der Waals surface area (Å²) in [6.07, 6.45) is 1.74. The summed E-state index contributed by atoms with van der Waals surface area (Å²) in [6.45, 7) is 10.3. The predicted molar refractivity (Wildman–Crippen MR) is 117 cm³/mol. The van der Waals surface area contributed by atoms with E-state index in [0.717, 1.165) is 63.5 Å². The number of guanidine groups is 1. The van der Waals surface area contributed by atoms with Crippen molar-refractivity contribution in [3.63, 3.8) is 0 Å². The highest BCUT2D eigenvalue weighted by atomic mass is 16.5. The van der Waals surface area contributed by atoms with Crippen LogP contribution in [0.3, 0.4) is 0 Å². The summed E-state index contributed by atoms with van der Waals surface area (Å²) in [5.41, 5.74) is 1.24. The molecule has 1 saturated heterocycles. The number of benzene rings is 1. The fourth-order valence-corrected chi connectivity index (χ4v) is 3.52. The second-order valence-corrected chi connectivity index (χ2v) is 7.05. The fourth-order valence-electron chi connectivity index (χ4n) is 3.52. The van der Waals surface area contributed by atoms with Crippen molar-refractivity contribution in [1.29, 1.82) is 0 Å². The van der Waals surface area contributed by atoms with Crippen LogP contribution in [0.2, 0.25) is 0 Å². The van der Waals surface area contributed by atoms with Gasteiger partial charge in [-0.15, -0.1) is 10.2 Å². The molecule has 0 aliphatic carbocycles. The number of aromatic nitrogens is 3. The van der Waals surface area contributed by atoms with Gasteiger partial charge in [0.2, 0.25) is 0 Å². The minimum atomic E-state index is 0.211. The molecule has 9 heteroatoms. The van der Waals surface area contributed by atoms with Crippen LogP contribution in [0.1, 0.15) is 31.3 Å². The van der Waals surface area contributed by atoms with Gasteiger partial charge in [0, 0.05) is 32.7 Å². The average Bonchev–Trinajstić information content (AvgIpc) is 3.26. The first-order valence-corrected chi connectivity index (χ1v) is 10.6. The molecule has 0 saturated carbocycles. The van der Waals surface area contributed by atoms with Gasteiger partial charge in [0.05, 0.1) is 26.4 Å². The molecule has 0 spiro atoms. The number of nitrogens with zero attached hydrogens (tertiary/aromatic N) is 5. The Morgan fingerprint density at radius 2 is 1.97 bits per heavy atom. The zero-order chi connectivity index (χ0) is 21.2. The SMILES string of the molecule is CCNC(=NCc1nncn1CC)NCC(c1ccc(OC)cc1)N1CCOCC1. The largest absolute Gasteiger partial charge is 0.497 e. The molecule has 1 fully saturated rings. The molecule has 3 rings (SSSR count). The Morgan fingerprint density at radius 3 is 2.63 bits per heavy atom. The lowest BCUT2D eigenvalue weighted by Crippen LogP contribution is -2.46. The number of morpholine rings is 1. The van der Waals surface area contributed by atoms with Gasteiger partial charge in [-0.05, 0) is 31.5 Å². The van der Waals surface area contributed by atoms with Gasteiger partial charge >= 0.3 is 0 Å². The molecule has 2 aromatic rings. The van der Waals surface area contributed by atoms with E-state index in [1.165, 1.54) is 5.56 Å². The summed E-state index contributed by atoms with van der Waals surface area (Å²) >= 11 is 0. The number of rotatable bonds is 9. The van der Waals surface area contributed by atoms with Crippen LogP contribution >= 0.6 is 0 Å². The molecule has 164 valence electrons. The molecular formula is C21H33N7O2. The van der Waals surface area contributed by atoms with E-state index in [9.17, 15) is 0 Å². The smallest absolute Gasteiger partial charge is 0.191 e. The average molecular weight is 416 g/mol. The minimum absolute atomic E-state index is 0.211. The maximum Gasteiger partial charge on any atom is 0.191 e. The molecule has 1 unspecified atom stereocenters. The first-order chi connectivity index (χ1) is 14.7. The van der Waals surface area contributed by atoms with Crippen molar-refractivity contribution < 1.29 is 9.47 Å². The molecule has 0 amide bonds. The van der Waals surface area contributed by atoms with Gasteiger partial charge < -0.3 is 24.7 Å². The van der Waals surface area contributed by atoms with Gasteiger partial charge in [0.15, 0.2) is 11.8 Å². The van der Waals surface area contributed by atoms with Crippen molar-refractivity contribution in [2.45, 2.75) is 33.0 Å². The van der Waals surface area contributed by atoms with Crippen LogP contribution in [0.25, 0.3) is 0 Å². The summed E-state index contributed by atoms with van der Waals surface area (Å²) in [5.74, 6) is 2.49. The van der Waals surface area contributed by atoms with E-state index >= 15 is 0 Å². The summed E-state index contributed by atoms with van der Waals surface area (Å²) in [7, 11) is 1.69. The highest BCUT2D eigenvalue weighted by Crippen LogP contribution is 2.23. The molecule has 2 heterocycles. The van der Waals surface area contributed by atoms with Gasteiger partial charge in [-0.1, -0.05) is 12.1 Å². The molecule has 1 aliphatic heterocycles. The molecule has 1 aromatic carbocycles. The lowest BCUT2D eigenvalue weighted by molar-refractivity contribution is 0.0170. The van der Waals surface area contributed by atoms with Crippen molar-refractivity contribution >= 4 is 5.96 Å². The first kappa shape index (κ1) is 22.0. The van der Waals surface area contributed by atoms with Gasteiger partial charge in [-0.3, -0.25) is 4.90 Å². The van der Waals surface area contributed by atoms with E-state index in [4.69, 9.17) is 14.5 Å². The minimum Gasteiger partial charge on any atom is -0.497 e. The van der Waals surface area contributed by atoms with Crippen molar-refractivity contribution in [3.05, 3.63) is 42.0 Å². The molecule has 9 nitrogen and oxygen atoms in total. The van der Waals surface area contributed by atoms with Crippen LogP contribution in [0, 0.1) is 0 Å². The fraction of sp³-hybridized carbons (Fsp3) is 0.571. The Labute approximate surface area is 178 Å². The molecule has 1 atom stereocenters. The third-order valence-electron chi connectivity index (χ3n) is 5.21. The van der Waals surface area contributed by atoms with Crippen molar-refractivity contribution in [1.82, 2.24) is 30.3 Å². The second kappa shape index (κ2) is 11.5. The Balaban J connectivity index is 1.71. The van der Waals surface area contributed by atoms with Crippen LogP contribution in [0.4, 0.5) is 0 Å². The molecule has 0 bridgehead atoms. The van der Waals surface area contributed by atoms with E-state index in [2.05, 4.69) is 51.7 Å². The molecule has 0 radical (unpaired) electrons. The quantitative estimate of drug-likeness (QED) is 0.473. The topological polar surface area (TPSA) is 88.8 Å². The standard InChI is InChI=1S/C21H33N7O2/c1-4-22-21(24-15-20-26-25-16-27(20)5-2)23-14-19(28-10-12-30-13-11-28)17-6-8-18(29-3)9-7-17/h6-9,16,19H,4-5,10-15H2,1-3H3,(H2,22,23,24). The van der Waals surface area contributed by atoms with Gasteiger partial charge in [0.1, 0.15) is 18.6 Å². The maximum absolute atomic E-state index is 5.55. The Bertz CT molecular complexity index is 785.